The van der Waals surface area contributed by atoms with Crippen LogP contribution >= 0.6 is 11.6 Å². The first-order valence-electron chi connectivity index (χ1n) is 7.26. The van der Waals surface area contributed by atoms with Gasteiger partial charge >= 0.3 is 0 Å². The standard InChI is InChI=1S/C17H20ClFN2/c1-3-13-6-5-9-21-17(13)16(20-4-2)11-12-7-8-14(18)15(19)10-12/h5-10,16,20H,3-4,11H2,1-2H3. The number of benzene rings is 1. The minimum absolute atomic E-state index is 0.0757. The van der Waals surface area contributed by atoms with E-state index in [2.05, 4.69) is 30.2 Å². The highest BCUT2D eigenvalue weighted by molar-refractivity contribution is 6.30. The highest BCUT2D eigenvalue weighted by Crippen LogP contribution is 2.23. The molecule has 0 aliphatic carbocycles. The van der Waals surface area contributed by atoms with Crippen LogP contribution in [0.3, 0.4) is 0 Å². The lowest BCUT2D eigenvalue weighted by atomic mass is 9.98. The first-order valence-corrected chi connectivity index (χ1v) is 7.64. The van der Waals surface area contributed by atoms with E-state index in [1.807, 2.05) is 12.1 Å². The molecule has 112 valence electrons. The Labute approximate surface area is 130 Å². The molecule has 0 spiro atoms. The Morgan fingerprint density at radius 2 is 2.10 bits per heavy atom. The molecule has 2 rings (SSSR count). The van der Waals surface area contributed by atoms with Gasteiger partial charge in [-0.2, -0.15) is 0 Å². The van der Waals surface area contributed by atoms with E-state index in [4.69, 9.17) is 11.6 Å². The Kier molecular flexibility index (Phi) is 5.71. The number of hydrogen-bond acceptors (Lipinski definition) is 2. The van der Waals surface area contributed by atoms with E-state index < -0.39 is 0 Å². The van der Waals surface area contributed by atoms with Gasteiger partial charge in [0.05, 0.1) is 16.8 Å². The Bertz CT molecular complexity index is 601. The summed E-state index contributed by atoms with van der Waals surface area (Å²) < 4.78 is 13.6. The molecule has 1 aromatic heterocycles. The number of pyridine rings is 1. The molecule has 1 N–H and O–H groups in total. The molecule has 1 atom stereocenters. The minimum atomic E-state index is -0.374. The van der Waals surface area contributed by atoms with Crippen molar-refractivity contribution < 1.29 is 4.39 Å². The second-order valence-corrected chi connectivity index (χ2v) is 5.37. The second-order valence-electron chi connectivity index (χ2n) is 4.96. The molecule has 1 aromatic carbocycles. The number of nitrogens with one attached hydrogen (secondary N) is 1. The van der Waals surface area contributed by atoms with Crippen LogP contribution in [0, 0.1) is 5.82 Å². The van der Waals surface area contributed by atoms with Crippen molar-refractivity contribution in [2.75, 3.05) is 6.54 Å². The number of likely N-dealkylation sites (N-methyl/N-ethyl adjacent to an activating group) is 1. The number of hydrogen-bond donors (Lipinski definition) is 1. The summed E-state index contributed by atoms with van der Waals surface area (Å²) in [4.78, 5) is 4.52. The van der Waals surface area contributed by atoms with Crippen molar-refractivity contribution in [1.29, 1.82) is 0 Å². The zero-order valence-electron chi connectivity index (χ0n) is 12.4. The summed E-state index contributed by atoms with van der Waals surface area (Å²) >= 11 is 5.74. The van der Waals surface area contributed by atoms with E-state index in [0.717, 1.165) is 24.2 Å². The highest BCUT2D eigenvalue weighted by atomic mass is 35.5. The van der Waals surface area contributed by atoms with Crippen molar-refractivity contribution in [3.63, 3.8) is 0 Å². The predicted octanol–water partition coefficient (Wildman–Crippen LogP) is 4.33. The van der Waals surface area contributed by atoms with Crippen LogP contribution in [0.2, 0.25) is 5.02 Å². The van der Waals surface area contributed by atoms with Crippen LogP contribution < -0.4 is 5.32 Å². The Hall–Kier alpha value is -1.45. The van der Waals surface area contributed by atoms with Crippen LogP contribution in [0.1, 0.15) is 36.7 Å². The second kappa shape index (κ2) is 7.53. The molecule has 0 aliphatic heterocycles. The van der Waals surface area contributed by atoms with Crippen molar-refractivity contribution >= 4 is 11.6 Å². The fourth-order valence-electron chi connectivity index (χ4n) is 2.48. The maximum absolute atomic E-state index is 13.6. The molecular weight excluding hydrogens is 287 g/mol. The third-order valence-electron chi connectivity index (χ3n) is 3.51. The lowest BCUT2D eigenvalue weighted by Crippen LogP contribution is -2.25. The molecule has 2 aromatic rings. The van der Waals surface area contributed by atoms with Crippen molar-refractivity contribution in [3.8, 4) is 0 Å². The van der Waals surface area contributed by atoms with Gasteiger partial charge in [0.2, 0.25) is 0 Å². The van der Waals surface area contributed by atoms with Gasteiger partial charge in [-0.25, -0.2) is 4.39 Å². The Morgan fingerprint density at radius 1 is 1.29 bits per heavy atom. The van der Waals surface area contributed by atoms with Crippen molar-refractivity contribution in [3.05, 3.63) is 64.2 Å². The molecule has 1 unspecified atom stereocenters. The summed E-state index contributed by atoms with van der Waals surface area (Å²) in [6.45, 7) is 5.01. The van der Waals surface area contributed by atoms with E-state index in [9.17, 15) is 4.39 Å². The maximum atomic E-state index is 13.6. The molecule has 1 heterocycles. The molecule has 0 fully saturated rings. The largest absolute Gasteiger partial charge is 0.309 e. The van der Waals surface area contributed by atoms with Gasteiger partial charge in [-0.3, -0.25) is 4.98 Å². The third kappa shape index (κ3) is 4.02. The fourth-order valence-corrected chi connectivity index (χ4v) is 2.60. The van der Waals surface area contributed by atoms with Crippen LogP contribution in [0.4, 0.5) is 4.39 Å². The molecule has 2 nitrogen and oxygen atoms in total. The number of nitrogens with zero attached hydrogens (tertiary/aromatic N) is 1. The van der Waals surface area contributed by atoms with Crippen LogP contribution in [0.15, 0.2) is 36.5 Å². The van der Waals surface area contributed by atoms with E-state index in [-0.39, 0.29) is 16.9 Å². The smallest absolute Gasteiger partial charge is 0.142 e. The lowest BCUT2D eigenvalue weighted by Gasteiger charge is -2.20. The first kappa shape index (κ1) is 15.9. The van der Waals surface area contributed by atoms with E-state index in [0.29, 0.717) is 6.42 Å². The van der Waals surface area contributed by atoms with Gasteiger partial charge in [-0.15, -0.1) is 0 Å². The zero-order chi connectivity index (χ0) is 15.2. The van der Waals surface area contributed by atoms with Gasteiger partial charge in [-0.1, -0.05) is 37.6 Å². The molecule has 0 amide bonds. The van der Waals surface area contributed by atoms with Crippen molar-refractivity contribution in [2.45, 2.75) is 32.7 Å². The summed E-state index contributed by atoms with van der Waals surface area (Å²) in [5.74, 6) is -0.374. The molecule has 0 aliphatic rings. The molecule has 21 heavy (non-hydrogen) atoms. The number of rotatable bonds is 6. The van der Waals surface area contributed by atoms with Crippen LogP contribution in [0.5, 0.6) is 0 Å². The van der Waals surface area contributed by atoms with Crippen LogP contribution in [0.25, 0.3) is 0 Å². The lowest BCUT2D eigenvalue weighted by molar-refractivity contribution is 0.530. The summed E-state index contributed by atoms with van der Waals surface area (Å²) in [5.41, 5.74) is 3.17. The van der Waals surface area contributed by atoms with E-state index in [1.54, 1.807) is 12.3 Å². The van der Waals surface area contributed by atoms with Crippen LogP contribution in [-0.2, 0) is 12.8 Å². The topological polar surface area (TPSA) is 24.9 Å². The van der Waals surface area contributed by atoms with E-state index >= 15 is 0 Å². The minimum Gasteiger partial charge on any atom is -0.309 e. The zero-order valence-corrected chi connectivity index (χ0v) is 13.1. The summed E-state index contributed by atoms with van der Waals surface area (Å²) in [6, 6.07) is 9.09. The molecule has 4 heteroatoms. The van der Waals surface area contributed by atoms with Gasteiger partial charge in [-0.05, 0) is 48.7 Å². The number of halogens is 2. The SMILES string of the molecule is CCNC(Cc1ccc(Cl)c(F)c1)c1ncccc1CC. The number of aryl methyl sites for hydroxylation is 1. The van der Waals surface area contributed by atoms with Crippen LogP contribution in [-0.4, -0.2) is 11.5 Å². The predicted molar refractivity (Wildman–Crippen MR) is 85.1 cm³/mol. The quantitative estimate of drug-likeness (QED) is 0.859. The number of aromatic nitrogens is 1. The van der Waals surface area contributed by atoms with Gasteiger partial charge in [0.1, 0.15) is 5.82 Å². The average Bonchev–Trinajstić information content (AvgIpc) is 2.50. The van der Waals surface area contributed by atoms with Gasteiger partial charge in [0.25, 0.3) is 0 Å². The first-order chi connectivity index (χ1) is 10.2. The molecule has 0 saturated carbocycles. The molecular formula is C17H20ClFN2. The molecule has 0 bridgehead atoms. The monoisotopic (exact) mass is 306 g/mol. The highest BCUT2D eigenvalue weighted by Gasteiger charge is 2.16. The summed E-state index contributed by atoms with van der Waals surface area (Å²) in [7, 11) is 0. The summed E-state index contributed by atoms with van der Waals surface area (Å²) in [6.07, 6.45) is 3.42. The summed E-state index contributed by atoms with van der Waals surface area (Å²) in [5, 5.41) is 3.60. The van der Waals surface area contributed by atoms with E-state index in [1.165, 1.54) is 11.6 Å². The Morgan fingerprint density at radius 3 is 2.76 bits per heavy atom. The van der Waals surface area contributed by atoms with Crippen molar-refractivity contribution in [1.82, 2.24) is 10.3 Å². The van der Waals surface area contributed by atoms with Gasteiger partial charge in [0, 0.05) is 6.20 Å². The maximum Gasteiger partial charge on any atom is 0.142 e. The third-order valence-corrected chi connectivity index (χ3v) is 3.82. The Balaban J connectivity index is 2.28. The van der Waals surface area contributed by atoms with Gasteiger partial charge in [0.15, 0.2) is 0 Å². The van der Waals surface area contributed by atoms with Crippen molar-refractivity contribution in [2.24, 2.45) is 0 Å². The average molecular weight is 307 g/mol. The fraction of sp³-hybridized carbons (Fsp3) is 0.353. The normalized spacial score (nSPS) is 12.4. The molecule has 0 radical (unpaired) electrons. The molecule has 0 saturated heterocycles. The van der Waals surface area contributed by atoms with Gasteiger partial charge < -0.3 is 5.32 Å².